The van der Waals surface area contributed by atoms with Crippen LogP contribution in [0.25, 0.3) is 0 Å². The van der Waals surface area contributed by atoms with Crippen LogP contribution in [-0.2, 0) is 9.84 Å². The first-order valence-electron chi connectivity index (χ1n) is 7.53. The van der Waals surface area contributed by atoms with E-state index in [9.17, 15) is 13.2 Å². The summed E-state index contributed by atoms with van der Waals surface area (Å²) in [5.74, 6) is -1.02. The van der Waals surface area contributed by atoms with Gasteiger partial charge in [-0.3, -0.25) is 0 Å². The summed E-state index contributed by atoms with van der Waals surface area (Å²) >= 11 is 0. The Morgan fingerprint density at radius 3 is 2.29 bits per heavy atom. The van der Waals surface area contributed by atoms with E-state index in [1.807, 2.05) is 0 Å². The lowest BCUT2D eigenvalue weighted by Crippen LogP contribution is -2.08. The fourth-order valence-corrected chi connectivity index (χ4v) is 3.60. The monoisotopic (exact) mass is 312 g/mol. The maximum absolute atomic E-state index is 12.1. The summed E-state index contributed by atoms with van der Waals surface area (Å²) < 4.78 is 24.3. The lowest BCUT2D eigenvalue weighted by atomic mass is 10.1. The van der Waals surface area contributed by atoms with E-state index in [2.05, 4.69) is 6.92 Å². The summed E-state index contributed by atoms with van der Waals surface area (Å²) in [5.41, 5.74) is 0.00985. The van der Waals surface area contributed by atoms with Crippen LogP contribution in [0.1, 0.15) is 62.2 Å². The van der Waals surface area contributed by atoms with Gasteiger partial charge in [0.25, 0.3) is 0 Å². The van der Waals surface area contributed by atoms with Gasteiger partial charge in [-0.05, 0) is 24.6 Å². The Balaban J connectivity index is 2.46. The molecule has 1 aromatic rings. The largest absolute Gasteiger partial charge is 0.478 e. The Morgan fingerprint density at radius 2 is 1.67 bits per heavy atom. The lowest BCUT2D eigenvalue weighted by molar-refractivity contribution is 0.0696. The average Bonchev–Trinajstić information content (AvgIpc) is 2.46. The number of carbonyl (C=O) groups is 1. The van der Waals surface area contributed by atoms with Gasteiger partial charge in [0.05, 0.1) is 16.2 Å². The highest BCUT2D eigenvalue weighted by atomic mass is 32.2. The van der Waals surface area contributed by atoms with E-state index in [0.717, 1.165) is 19.3 Å². The van der Waals surface area contributed by atoms with Crippen LogP contribution in [0.5, 0.6) is 0 Å². The van der Waals surface area contributed by atoms with Crippen LogP contribution in [-0.4, -0.2) is 25.2 Å². The van der Waals surface area contributed by atoms with E-state index in [0.29, 0.717) is 6.42 Å². The van der Waals surface area contributed by atoms with E-state index >= 15 is 0 Å². The fraction of sp³-hybridized carbons (Fsp3) is 0.562. The highest BCUT2D eigenvalue weighted by Gasteiger charge is 2.15. The van der Waals surface area contributed by atoms with Gasteiger partial charge in [-0.2, -0.15) is 0 Å². The maximum Gasteiger partial charge on any atom is 0.335 e. The minimum Gasteiger partial charge on any atom is -0.478 e. The number of carboxylic acids is 1. The Kier molecular flexibility index (Phi) is 7.43. The molecule has 21 heavy (non-hydrogen) atoms. The molecule has 1 aromatic carbocycles. The van der Waals surface area contributed by atoms with Crippen molar-refractivity contribution in [3.8, 4) is 0 Å². The smallest absolute Gasteiger partial charge is 0.335 e. The molecule has 0 aliphatic carbocycles. The number of benzene rings is 1. The second-order valence-corrected chi connectivity index (χ2v) is 7.38. The zero-order valence-corrected chi connectivity index (χ0v) is 13.4. The molecule has 0 fully saturated rings. The maximum atomic E-state index is 12.1. The normalized spacial score (nSPS) is 11.5. The number of hydrogen-bond donors (Lipinski definition) is 1. The average molecular weight is 312 g/mol. The summed E-state index contributed by atoms with van der Waals surface area (Å²) in [4.78, 5) is 11.0. The van der Waals surface area contributed by atoms with Gasteiger partial charge in [0.1, 0.15) is 0 Å². The zero-order chi connectivity index (χ0) is 15.7. The Hall–Kier alpha value is -1.36. The summed E-state index contributed by atoms with van der Waals surface area (Å²) in [6.45, 7) is 2.16. The first-order valence-corrected chi connectivity index (χ1v) is 9.18. The summed E-state index contributed by atoms with van der Waals surface area (Å²) in [6, 6.07) is 5.57. The minimum absolute atomic E-state index is 0.00985. The Bertz CT molecular complexity index is 549. The van der Waals surface area contributed by atoms with Crippen LogP contribution in [0.2, 0.25) is 0 Å². The van der Waals surface area contributed by atoms with E-state index in [1.54, 1.807) is 0 Å². The number of carboxylic acid groups (broad SMARTS) is 1. The molecule has 0 unspecified atom stereocenters. The summed E-state index contributed by atoms with van der Waals surface area (Å²) in [6.07, 6.45) is 7.40. The van der Waals surface area contributed by atoms with E-state index in [1.165, 1.54) is 43.5 Å². The molecule has 0 aliphatic heterocycles. The van der Waals surface area contributed by atoms with Crippen LogP contribution in [0.15, 0.2) is 29.2 Å². The molecule has 4 nitrogen and oxygen atoms in total. The first kappa shape index (κ1) is 17.7. The van der Waals surface area contributed by atoms with Gasteiger partial charge in [0, 0.05) is 0 Å². The van der Waals surface area contributed by atoms with E-state index in [-0.39, 0.29) is 16.2 Å². The van der Waals surface area contributed by atoms with Crippen molar-refractivity contribution in [1.82, 2.24) is 0 Å². The van der Waals surface area contributed by atoms with Gasteiger partial charge >= 0.3 is 5.97 Å². The molecule has 118 valence electrons. The van der Waals surface area contributed by atoms with Crippen molar-refractivity contribution in [3.63, 3.8) is 0 Å². The molecular weight excluding hydrogens is 288 g/mol. The molecule has 0 aromatic heterocycles. The van der Waals surface area contributed by atoms with Crippen LogP contribution < -0.4 is 0 Å². The molecule has 0 heterocycles. The molecule has 0 atom stereocenters. The number of aromatic carboxylic acids is 1. The molecular formula is C16H24O4S. The van der Waals surface area contributed by atoms with Gasteiger partial charge in [-0.1, -0.05) is 51.5 Å². The molecule has 0 saturated carbocycles. The number of sulfone groups is 1. The van der Waals surface area contributed by atoms with Crippen molar-refractivity contribution in [2.45, 2.75) is 56.8 Å². The van der Waals surface area contributed by atoms with Gasteiger partial charge in [0.2, 0.25) is 0 Å². The second-order valence-electron chi connectivity index (χ2n) is 5.27. The molecule has 0 radical (unpaired) electrons. The summed E-state index contributed by atoms with van der Waals surface area (Å²) in [7, 11) is -3.38. The molecule has 1 N–H and O–H groups in total. The third-order valence-electron chi connectivity index (χ3n) is 3.46. The highest BCUT2D eigenvalue weighted by molar-refractivity contribution is 7.91. The summed E-state index contributed by atoms with van der Waals surface area (Å²) in [5, 5.41) is 8.90. The van der Waals surface area contributed by atoms with Crippen molar-refractivity contribution in [1.29, 1.82) is 0 Å². The van der Waals surface area contributed by atoms with Crippen molar-refractivity contribution >= 4 is 15.8 Å². The molecule has 1 rings (SSSR count). The Morgan fingerprint density at radius 1 is 1.05 bits per heavy atom. The fourth-order valence-electron chi connectivity index (χ4n) is 2.19. The zero-order valence-electron chi connectivity index (χ0n) is 12.5. The topological polar surface area (TPSA) is 71.4 Å². The first-order chi connectivity index (χ1) is 9.97. The molecule has 0 spiro atoms. The third-order valence-corrected chi connectivity index (χ3v) is 5.26. The quantitative estimate of drug-likeness (QED) is 0.665. The second kappa shape index (κ2) is 8.82. The van der Waals surface area contributed by atoms with Gasteiger partial charge < -0.3 is 5.11 Å². The van der Waals surface area contributed by atoms with Crippen molar-refractivity contribution in [3.05, 3.63) is 29.8 Å². The number of unbranched alkanes of at least 4 members (excludes halogenated alkanes) is 6. The van der Waals surface area contributed by atoms with E-state index in [4.69, 9.17) is 5.11 Å². The number of rotatable bonds is 10. The number of hydrogen-bond acceptors (Lipinski definition) is 3. The Labute approximate surface area is 127 Å². The van der Waals surface area contributed by atoms with Gasteiger partial charge in [-0.15, -0.1) is 0 Å². The van der Waals surface area contributed by atoms with Crippen molar-refractivity contribution in [2.24, 2.45) is 0 Å². The standard InChI is InChI=1S/C16H24O4S/c1-2-3-4-5-6-7-8-12-21(19,20)15-11-9-10-14(13-15)16(17)18/h9-11,13H,2-8,12H2,1H3,(H,17,18). The predicted octanol–water partition coefficient (Wildman–Crippen LogP) is 3.91. The minimum atomic E-state index is -3.38. The van der Waals surface area contributed by atoms with Crippen molar-refractivity contribution < 1.29 is 18.3 Å². The predicted molar refractivity (Wildman–Crippen MR) is 83.4 cm³/mol. The molecule has 0 bridgehead atoms. The molecule has 5 heteroatoms. The SMILES string of the molecule is CCCCCCCCCS(=O)(=O)c1cccc(C(=O)O)c1. The third kappa shape index (κ3) is 6.29. The van der Waals surface area contributed by atoms with E-state index < -0.39 is 15.8 Å². The molecule has 0 aliphatic rings. The lowest BCUT2D eigenvalue weighted by Gasteiger charge is -2.05. The van der Waals surface area contributed by atoms with Crippen LogP contribution in [0.3, 0.4) is 0 Å². The van der Waals surface area contributed by atoms with Crippen LogP contribution in [0.4, 0.5) is 0 Å². The van der Waals surface area contributed by atoms with Gasteiger partial charge in [0.15, 0.2) is 9.84 Å². The van der Waals surface area contributed by atoms with Crippen molar-refractivity contribution in [2.75, 3.05) is 5.75 Å². The van der Waals surface area contributed by atoms with Gasteiger partial charge in [-0.25, -0.2) is 13.2 Å². The van der Waals surface area contributed by atoms with Crippen LogP contribution >= 0.6 is 0 Å². The van der Waals surface area contributed by atoms with Crippen LogP contribution in [0, 0.1) is 0 Å². The molecule has 0 amide bonds. The molecule has 0 saturated heterocycles. The highest BCUT2D eigenvalue weighted by Crippen LogP contribution is 2.16.